The number of H-pyrrole nitrogens is 1. The molecule has 2 aromatic carbocycles. The molecule has 0 radical (unpaired) electrons. The van der Waals surface area contributed by atoms with E-state index in [0.29, 0.717) is 17.9 Å². The molecule has 0 atom stereocenters. The number of para-hydroxylation sites is 1. The van der Waals surface area contributed by atoms with Crippen molar-refractivity contribution in [1.29, 1.82) is 5.26 Å². The second-order valence-electron chi connectivity index (χ2n) is 6.66. The summed E-state index contributed by atoms with van der Waals surface area (Å²) in [4.78, 5) is 2.31. The zero-order chi connectivity index (χ0) is 19.2. The number of aromatic nitrogens is 2. The molecule has 0 unspecified atom stereocenters. The maximum atomic E-state index is 9.49. The quantitative estimate of drug-likeness (QED) is 0.716. The standard InChI is InChI=1S/C22H22N4O2/c23-16-18-15-17(5-7-21-19-3-1-2-4-20(19)24-25-21)6-8-22(18)28-14-11-26-9-12-27-13-10-26/h1-8,15H,9-14H2,(H,24,25)/b7-5+. The molecule has 1 aliphatic rings. The number of rotatable bonds is 6. The Bertz CT molecular complexity index is 1010. The van der Waals surface area contributed by atoms with Gasteiger partial charge in [0.2, 0.25) is 0 Å². The van der Waals surface area contributed by atoms with Crippen LogP contribution < -0.4 is 4.74 Å². The van der Waals surface area contributed by atoms with Crippen LogP contribution >= 0.6 is 0 Å². The van der Waals surface area contributed by atoms with E-state index in [0.717, 1.165) is 55.0 Å². The molecule has 2 heterocycles. The van der Waals surface area contributed by atoms with Gasteiger partial charge in [0.05, 0.1) is 30.0 Å². The Morgan fingerprint density at radius 1 is 1.18 bits per heavy atom. The predicted molar refractivity (Wildman–Crippen MR) is 109 cm³/mol. The molecular weight excluding hydrogens is 352 g/mol. The molecule has 3 aromatic rings. The fourth-order valence-corrected chi connectivity index (χ4v) is 3.26. The molecular formula is C22H22N4O2. The fourth-order valence-electron chi connectivity index (χ4n) is 3.26. The van der Waals surface area contributed by atoms with Gasteiger partial charge in [-0.15, -0.1) is 0 Å². The van der Waals surface area contributed by atoms with Crippen LogP contribution in [0.1, 0.15) is 16.8 Å². The number of nitrogens with one attached hydrogen (secondary N) is 1. The van der Waals surface area contributed by atoms with Crippen molar-refractivity contribution in [3.63, 3.8) is 0 Å². The lowest BCUT2D eigenvalue weighted by atomic mass is 10.1. The summed E-state index contributed by atoms with van der Waals surface area (Å²) in [6.45, 7) is 4.80. The highest BCUT2D eigenvalue weighted by atomic mass is 16.5. The van der Waals surface area contributed by atoms with E-state index in [1.54, 1.807) is 0 Å². The van der Waals surface area contributed by atoms with Crippen LogP contribution in [0, 0.1) is 11.3 Å². The molecule has 1 aliphatic heterocycles. The summed E-state index contributed by atoms with van der Waals surface area (Å²) >= 11 is 0. The molecule has 142 valence electrons. The van der Waals surface area contributed by atoms with E-state index in [1.165, 1.54) is 0 Å². The Balaban J connectivity index is 1.42. The molecule has 6 heteroatoms. The maximum absolute atomic E-state index is 9.49. The van der Waals surface area contributed by atoms with Gasteiger partial charge in [-0.05, 0) is 29.8 Å². The van der Waals surface area contributed by atoms with Crippen LogP contribution in [0.4, 0.5) is 0 Å². The second kappa shape index (κ2) is 8.70. The maximum Gasteiger partial charge on any atom is 0.137 e. The highest BCUT2D eigenvalue weighted by molar-refractivity contribution is 5.89. The van der Waals surface area contributed by atoms with E-state index >= 15 is 0 Å². The first kappa shape index (κ1) is 18.2. The molecule has 0 spiro atoms. The van der Waals surface area contributed by atoms with Gasteiger partial charge in [0.15, 0.2) is 0 Å². The van der Waals surface area contributed by atoms with Crippen LogP contribution in [-0.4, -0.2) is 54.6 Å². The number of fused-ring (bicyclic) bond motifs is 1. The third-order valence-corrected chi connectivity index (χ3v) is 4.83. The topological polar surface area (TPSA) is 74.2 Å². The molecule has 0 bridgehead atoms. The van der Waals surface area contributed by atoms with Crippen LogP contribution in [0.25, 0.3) is 23.1 Å². The number of aromatic amines is 1. The summed E-state index contributed by atoms with van der Waals surface area (Å²) < 4.78 is 11.2. The van der Waals surface area contributed by atoms with Crippen molar-refractivity contribution in [2.24, 2.45) is 0 Å². The number of nitrogens with zero attached hydrogens (tertiary/aromatic N) is 3. The molecule has 1 N–H and O–H groups in total. The molecule has 1 aromatic heterocycles. The van der Waals surface area contributed by atoms with Gasteiger partial charge in [0, 0.05) is 25.0 Å². The van der Waals surface area contributed by atoms with E-state index in [2.05, 4.69) is 21.2 Å². The smallest absolute Gasteiger partial charge is 0.137 e. The summed E-state index contributed by atoms with van der Waals surface area (Å²) in [5.74, 6) is 0.623. The summed E-state index contributed by atoms with van der Waals surface area (Å²) in [6, 6.07) is 15.9. The number of morpholine rings is 1. The highest BCUT2D eigenvalue weighted by Crippen LogP contribution is 2.22. The van der Waals surface area contributed by atoms with Gasteiger partial charge in [-0.25, -0.2) is 0 Å². The average Bonchev–Trinajstić information content (AvgIpc) is 3.17. The Labute approximate surface area is 164 Å². The molecule has 28 heavy (non-hydrogen) atoms. The molecule has 1 saturated heterocycles. The highest BCUT2D eigenvalue weighted by Gasteiger charge is 2.11. The van der Waals surface area contributed by atoms with Gasteiger partial charge in [-0.1, -0.05) is 30.3 Å². The van der Waals surface area contributed by atoms with Crippen LogP contribution in [-0.2, 0) is 4.74 Å². The van der Waals surface area contributed by atoms with Crippen LogP contribution in [0.15, 0.2) is 42.5 Å². The fraction of sp³-hybridized carbons (Fsp3) is 0.273. The van der Waals surface area contributed by atoms with Crippen molar-refractivity contribution in [1.82, 2.24) is 15.1 Å². The van der Waals surface area contributed by atoms with E-state index in [-0.39, 0.29) is 0 Å². The first-order valence-electron chi connectivity index (χ1n) is 9.42. The van der Waals surface area contributed by atoms with Crippen molar-refractivity contribution < 1.29 is 9.47 Å². The van der Waals surface area contributed by atoms with Crippen molar-refractivity contribution in [3.05, 3.63) is 59.3 Å². The zero-order valence-corrected chi connectivity index (χ0v) is 15.6. The van der Waals surface area contributed by atoms with Gasteiger partial charge in [0.1, 0.15) is 18.4 Å². The SMILES string of the molecule is N#Cc1cc(/C=C/c2n[nH]c3ccccc23)ccc1OCCN1CCOCC1. The number of hydrogen-bond donors (Lipinski definition) is 1. The summed E-state index contributed by atoms with van der Waals surface area (Å²) in [5.41, 5.74) is 3.35. The number of hydrogen-bond acceptors (Lipinski definition) is 5. The summed E-state index contributed by atoms with van der Waals surface area (Å²) in [5, 5.41) is 17.9. The lowest BCUT2D eigenvalue weighted by Crippen LogP contribution is -2.38. The summed E-state index contributed by atoms with van der Waals surface area (Å²) in [7, 11) is 0. The molecule has 4 rings (SSSR count). The molecule has 0 saturated carbocycles. The van der Waals surface area contributed by atoms with E-state index in [4.69, 9.17) is 9.47 Å². The first-order chi connectivity index (χ1) is 13.8. The van der Waals surface area contributed by atoms with Crippen molar-refractivity contribution in [3.8, 4) is 11.8 Å². The van der Waals surface area contributed by atoms with E-state index in [9.17, 15) is 5.26 Å². The van der Waals surface area contributed by atoms with Gasteiger partial charge in [-0.2, -0.15) is 10.4 Å². The van der Waals surface area contributed by atoms with Gasteiger partial charge >= 0.3 is 0 Å². The van der Waals surface area contributed by atoms with Gasteiger partial charge in [-0.3, -0.25) is 10.00 Å². The second-order valence-corrected chi connectivity index (χ2v) is 6.66. The molecule has 6 nitrogen and oxygen atoms in total. The Morgan fingerprint density at radius 2 is 2.04 bits per heavy atom. The van der Waals surface area contributed by atoms with Gasteiger partial charge < -0.3 is 9.47 Å². The number of benzene rings is 2. The summed E-state index contributed by atoms with van der Waals surface area (Å²) in [6.07, 6.45) is 3.91. The molecule has 0 amide bonds. The molecule has 0 aliphatic carbocycles. The van der Waals surface area contributed by atoms with Gasteiger partial charge in [0.25, 0.3) is 0 Å². The number of nitriles is 1. The Kier molecular flexibility index (Phi) is 5.66. The minimum Gasteiger partial charge on any atom is -0.491 e. The lowest BCUT2D eigenvalue weighted by molar-refractivity contribution is 0.0322. The first-order valence-corrected chi connectivity index (χ1v) is 9.42. The van der Waals surface area contributed by atoms with E-state index in [1.807, 2.05) is 54.6 Å². The third kappa shape index (κ3) is 4.22. The Morgan fingerprint density at radius 3 is 2.89 bits per heavy atom. The normalized spacial score (nSPS) is 15.1. The van der Waals surface area contributed by atoms with Crippen molar-refractivity contribution in [2.75, 3.05) is 39.5 Å². The lowest BCUT2D eigenvalue weighted by Gasteiger charge is -2.26. The van der Waals surface area contributed by atoms with Crippen molar-refractivity contribution in [2.45, 2.75) is 0 Å². The predicted octanol–water partition coefficient (Wildman–Crippen LogP) is 3.32. The minimum atomic E-state index is 0.538. The van der Waals surface area contributed by atoms with E-state index < -0.39 is 0 Å². The van der Waals surface area contributed by atoms with Crippen molar-refractivity contribution >= 4 is 23.1 Å². The van der Waals surface area contributed by atoms with Crippen LogP contribution in [0.2, 0.25) is 0 Å². The third-order valence-electron chi connectivity index (χ3n) is 4.83. The average molecular weight is 374 g/mol. The van der Waals surface area contributed by atoms with Crippen LogP contribution in [0.5, 0.6) is 5.75 Å². The zero-order valence-electron chi connectivity index (χ0n) is 15.6. The van der Waals surface area contributed by atoms with Crippen LogP contribution in [0.3, 0.4) is 0 Å². The largest absolute Gasteiger partial charge is 0.491 e. The Hall–Kier alpha value is -3.14. The molecule has 1 fully saturated rings. The minimum absolute atomic E-state index is 0.538. The monoisotopic (exact) mass is 374 g/mol. The number of ether oxygens (including phenoxy) is 2.